The van der Waals surface area contributed by atoms with Crippen LogP contribution in [-0.4, -0.2) is 37.3 Å². The third-order valence-electron chi connectivity index (χ3n) is 2.60. The molecule has 0 aliphatic rings. The van der Waals surface area contributed by atoms with E-state index in [4.69, 9.17) is 17.2 Å². The maximum atomic E-state index is 11.6. The molecule has 0 rings (SSSR count). The number of unbranched alkanes of at least 4 members (excludes halogenated alkanes) is 3. The van der Waals surface area contributed by atoms with Gasteiger partial charge >= 0.3 is 0 Å². The van der Waals surface area contributed by atoms with Gasteiger partial charge in [-0.2, -0.15) is 0 Å². The molecule has 0 aromatic heterocycles. The molecule has 1 amide bonds. The van der Waals surface area contributed by atoms with E-state index in [2.05, 4.69) is 10.3 Å². The first-order valence-corrected chi connectivity index (χ1v) is 6.60. The summed E-state index contributed by atoms with van der Waals surface area (Å²) in [6.07, 6.45) is 5.37. The van der Waals surface area contributed by atoms with Gasteiger partial charge in [0, 0.05) is 19.5 Å². The third-order valence-corrected chi connectivity index (χ3v) is 2.60. The highest BCUT2D eigenvalue weighted by atomic mass is 16.2. The zero-order chi connectivity index (χ0) is 14.5. The molecular formula is C12H25N5O2. The lowest BCUT2D eigenvalue weighted by Gasteiger charge is -2.11. The summed E-state index contributed by atoms with van der Waals surface area (Å²) >= 11 is 0. The highest BCUT2D eigenvalue weighted by Gasteiger charge is 2.11. The topological polar surface area (TPSA) is 137 Å². The average Bonchev–Trinajstić information content (AvgIpc) is 2.38. The lowest BCUT2D eigenvalue weighted by Crippen LogP contribution is -2.41. The molecule has 0 heterocycles. The van der Waals surface area contributed by atoms with Gasteiger partial charge in [0.15, 0.2) is 5.96 Å². The van der Waals surface area contributed by atoms with Crippen LogP contribution in [-0.2, 0) is 9.59 Å². The number of carbonyl (C=O) groups excluding carboxylic acids is 2. The number of nitrogens with one attached hydrogen (secondary N) is 1. The molecular weight excluding hydrogens is 246 g/mol. The smallest absolute Gasteiger partial charge is 0.236 e. The van der Waals surface area contributed by atoms with Crippen molar-refractivity contribution in [3.63, 3.8) is 0 Å². The number of nitrogens with zero attached hydrogens (tertiary/aromatic N) is 1. The second-order valence-corrected chi connectivity index (χ2v) is 4.36. The van der Waals surface area contributed by atoms with Crippen LogP contribution in [0.4, 0.5) is 0 Å². The van der Waals surface area contributed by atoms with Gasteiger partial charge in [0.05, 0.1) is 6.04 Å². The Balaban J connectivity index is 3.53. The van der Waals surface area contributed by atoms with E-state index < -0.39 is 6.04 Å². The van der Waals surface area contributed by atoms with Crippen LogP contribution in [0.15, 0.2) is 4.99 Å². The molecule has 0 aliphatic heterocycles. The molecule has 7 nitrogen and oxygen atoms in total. The highest BCUT2D eigenvalue weighted by Crippen LogP contribution is 1.98. The molecule has 0 unspecified atom stereocenters. The standard InChI is InChI=1S/C12H25N5O2/c13-10(6-5-8-17-12(14)15)11(19)16-7-3-1-2-4-9-18/h9-10H,1-8,13H2,(H,16,19)(H4,14,15,17)/t10-/m1/s1. The van der Waals surface area contributed by atoms with Crippen LogP contribution in [0.1, 0.15) is 38.5 Å². The van der Waals surface area contributed by atoms with Gasteiger partial charge in [-0.05, 0) is 25.7 Å². The second-order valence-electron chi connectivity index (χ2n) is 4.36. The maximum absolute atomic E-state index is 11.6. The van der Waals surface area contributed by atoms with Crippen LogP contribution in [0.5, 0.6) is 0 Å². The first-order chi connectivity index (χ1) is 9.07. The lowest BCUT2D eigenvalue weighted by atomic mass is 10.1. The van der Waals surface area contributed by atoms with E-state index in [9.17, 15) is 9.59 Å². The van der Waals surface area contributed by atoms with Crippen LogP contribution in [0.3, 0.4) is 0 Å². The molecule has 0 fully saturated rings. The van der Waals surface area contributed by atoms with Crippen molar-refractivity contribution in [2.24, 2.45) is 22.2 Å². The fourth-order valence-electron chi connectivity index (χ4n) is 1.52. The van der Waals surface area contributed by atoms with Crippen molar-refractivity contribution in [3.8, 4) is 0 Å². The molecule has 110 valence electrons. The van der Waals surface area contributed by atoms with Crippen LogP contribution < -0.4 is 22.5 Å². The lowest BCUT2D eigenvalue weighted by molar-refractivity contribution is -0.122. The van der Waals surface area contributed by atoms with Gasteiger partial charge in [-0.3, -0.25) is 9.79 Å². The van der Waals surface area contributed by atoms with E-state index in [1.54, 1.807) is 0 Å². The highest BCUT2D eigenvalue weighted by molar-refractivity contribution is 5.81. The van der Waals surface area contributed by atoms with Gasteiger partial charge in [0.1, 0.15) is 6.29 Å². The molecule has 0 spiro atoms. The van der Waals surface area contributed by atoms with Gasteiger partial charge in [-0.25, -0.2) is 0 Å². The molecule has 1 atom stereocenters. The van der Waals surface area contributed by atoms with Crippen molar-refractivity contribution in [1.82, 2.24) is 5.32 Å². The van der Waals surface area contributed by atoms with Crippen molar-refractivity contribution in [2.45, 2.75) is 44.6 Å². The Morgan fingerprint density at radius 1 is 1.21 bits per heavy atom. The Morgan fingerprint density at radius 2 is 1.95 bits per heavy atom. The van der Waals surface area contributed by atoms with Crippen LogP contribution >= 0.6 is 0 Å². The summed E-state index contributed by atoms with van der Waals surface area (Å²) in [5, 5.41) is 2.77. The largest absolute Gasteiger partial charge is 0.370 e. The number of aldehydes is 1. The molecule has 0 aromatic rings. The minimum Gasteiger partial charge on any atom is -0.370 e. The fourth-order valence-corrected chi connectivity index (χ4v) is 1.52. The molecule has 0 radical (unpaired) electrons. The van der Waals surface area contributed by atoms with E-state index in [1.807, 2.05) is 0 Å². The molecule has 0 saturated carbocycles. The number of guanidine groups is 1. The van der Waals surface area contributed by atoms with E-state index >= 15 is 0 Å². The summed E-state index contributed by atoms with van der Waals surface area (Å²) in [5.74, 6) is -0.103. The molecule has 7 N–H and O–H groups in total. The minimum absolute atomic E-state index is 0.0494. The molecule has 0 saturated heterocycles. The monoisotopic (exact) mass is 271 g/mol. The van der Waals surface area contributed by atoms with Crippen molar-refractivity contribution in [1.29, 1.82) is 0 Å². The van der Waals surface area contributed by atoms with E-state index in [1.165, 1.54) is 0 Å². The summed E-state index contributed by atoms with van der Waals surface area (Å²) in [4.78, 5) is 25.5. The molecule has 0 aliphatic carbocycles. The zero-order valence-electron chi connectivity index (χ0n) is 11.3. The Hall–Kier alpha value is -1.63. The molecule has 0 bridgehead atoms. The molecule has 7 heteroatoms. The zero-order valence-corrected chi connectivity index (χ0v) is 11.3. The average molecular weight is 271 g/mol. The normalized spacial score (nSPS) is 11.6. The van der Waals surface area contributed by atoms with Crippen LogP contribution in [0.2, 0.25) is 0 Å². The third kappa shape index (κ3) is 11.2. The quantitative estimate of drug-likeness (QED) is 0.169. The Bertz CT molecular complexity index is 290. The van der Waals surface area contributed by atoms with Gasteiger partial charge in [-0.15, -0.1) is 0 Å². The number of carbonyl (C=O) groups is 2. The van der Waals surface area contributed by atoms with Crippen molar-refractivity contribution < 1.29 is 9.59 Å². The fraction of sp³-hybridized carbons (Fsp3) is 0.750. The Kier molecular flexibility index (Phi) is 10.5. The summed E-state index contributed by atoms with van der Waals surface area (Å²) in [6, 6.07) is -0.524. The SMILES string of the molecule is NC(N)=NCCC[C@@H](N)C(=O)NCCCCCC=O. The number of hydrogen-bond acceptors (Lipinski definition) is 4. The Labute approximate surface area is 114 Å². The minimum atomic E-state index is -0.524. The van der Waals surface area contributed by atoms with Gasteiger partial charge in [0.2, 0.25) is 5.91 Å². The van der Waals surface area contributed by atoms with E-state index in [-0.39, 0.29) is 11.9 Å². The van der Waals surface area contributed by atoms with Gasteiger partial charge in [0.25, 0.3) is 0 Å². The predicted molar refractivity (Wildman–Crippen MR) is 75.4 cm³/mol. The summed E-state index contributed by atoms with van der Waals surface area (Å²) < 4.78 is 0. The summed E-state index contributed by atoms with van der Waals surface area (Å²) in [7, 11) is 0. The first kappa shape index (κ1) is 17.4. The van der Waals surface area contributed by atoms with E-state index in [0.29, 0.717) is 32.4 Å². The second kappa shape index (κ2) is 11.5. The van der Waals surface area contributed by atoms with Crippen LogP contribution in [0, 0.1) is 0 Å². The Morgan fingerprint density at radius 3 is 2.58 bits per heavy atom. The van der Waals surface area contributed by atoms with Crippen molar-refractivity contribution >= 4 is 18.2 Å². The number of rotatable bonds is 11. The maximum Gasteiger partial charge on any atom is 0.236 e. The summed E-state index contributed by atoms with van der Waals surface area (Å²) in [6.45, 7) is 1.08. The van der Waals surface area contributed by atoms with Crippen LogP contribution in [0.25, 0.3) is 0 Å². The van der Waals surface area contributed by atoms with Gasteiger partial charge in [-0.1, -0.05) is 6.42 Å². The molecule has 0 aromatic carbocycles. The number of amides is 1. The molecule has 19 heavy (non-hydrogen) atoms. The van der Waals surface area contributed by atoms with Crippen molar-refractivity contribution in [2.75, 3.05) is 13.1 Å². The van der Waals surface area contributed by atoms with Crippen molar-refractivity contribution in [3.05, 3.63) is 0 Å². The number of hydrogen-bond donors (Lipinski definition) is 4. The number of nitrogens with two attached hydrogens (primary N) is 3. The van der Waals surface area contributed by atoms with E-state index in [0.717, 1.165) is 25.5 Å². The first-order valence-electron chi connectivity index (χ1n) is 6.60. The predicted octanol–water partition coefficient (Wildman–Crippen LogP) is -0.757. The summed E-state index contributed by atoms with van der Waals surface area (Å²) in [5.41, 5.74) is 16.1. The number of aliphatic imine (C=N–C) groups is 1. The van der Waals surface area contributed by atoms with Gasteiger partial charge < -0.3 is 27.3 Å².